The minimum absolute atomic E-state index is 0.00341. The van der Waals surface area contributed by atoms with Crippen molar-refractivity contribution in [2.75, 3.05) is 0 Å². The van der Waals surface area contributed by atoms with E-state index >= 15 is 0 Å². The molecule has 0 N–H and O–H groups in total. The quantitative estimate of drug-likeness (QED) is 0.572. The zero-order valence-corrected chi connectivity index (χ0v) is 15.7. The van der Waals surface area contributed by atoms with Crippen LogP contribution in [-0.2, 0) is 0 Å². The molecule has 0 radical (unpaired) electrons. The Bertz CT molecular complexity index is 963. The van der Waals surface area contributed by atoms with Crippen LogP contribution in [0.4, 0.5) is 0 Å². The van der Waals surface area contributed by atoms with Crippen LogP contribution >= 0.6 is 22.9 Å². The summed E-state index contributed by atoms with van der Waals surface area (Å²) in [6.07, 6.45) is 1.93. The second-order valence-electron chi connectivity index (χ2n) is 6.22. The van der Waals surface area contributed by atoms with Crippen molar-refractivity contribution in [3.63, 3.8) is 0 Å². The number of aromatic nitrogens is 2. The average molecular weight is 356 g/mol. The van der Waals surface area contributed by atoms with Gasteiger partial charge in [0.1, 0.15) is 16.9 Å². The monoisotopic (exact) mass is 355 g/mol. The largest absolute Gasteiger partial charge is 0.290 e. The first-order chi connectivity index (χ1) is 11.5. The second-order valence-corrected chi connectivity index (χ2v) is 7.86. The molecule has 1 unspecified atom stereocenters. The topological polar surface area (TPSA) is 30.2 Å². The van der Waals surface area contributed by atoms with E-state index in [-0.39, 0.29) is 6.04 Å². The normalized spacial score (nSPS) is 16.4. The number of thiophene rings is 1. The summed E-state index contributed by atoms with van der Waals surface area (Å²) >= 11 is 7.88. The van der Waals surface area contributed by atoms with E-state index in [1.165, 1.54) is 21.0 Å². The van der Waals surface area contributed by atoms with Crippen molar-refractivity contribution < 1.29 is 0 Å². The highest BCUT2D eigenvalue weighted by atomic mass is 35.5. The molecule has 3 aromatic rings. The molecule has 0 amide bonds. The van der Waals surface area contributed by atoms with Gasteiger partial charge < -0.3 is 0 Å². The molecule has 3 nitrogen and oxygen atoms in total. The van der Waals surface area contributed by atoms with Gasteiger partial charge in [-0.2, -0.15) is 0 Å². The first-order valence-corrected chi connectivity index (χ1v) is 9.15. The van der Waals surface area contributed by atoms with Crippen LogP contribution in [0.1, 0.15) is 46.1 Å². The van der Waals surface area contributed by atoms with Gasteiger partial charge in [-0.05, 0) is 45.4 Å². The Hall–Kier alpha value is -1.91. The van der Waals surface area contributed by atoms with E-state index in [4.69, 9.17) is 16.6 Å². The number of halogens is 1. The van der Waals surface area contributed by atoms with E-state index in [1.807, 2.05) is 41.8 Å². The molecule has 2 aromatic heterocycles. The highest BCUT2D eigenvalue weighted by molar-refractivity contribution is 7.15. The highest BCUT2D eigenvalue weighted by Crippen LogP contribution is 2.38. The van der Waals surface area contributed by atoms with Crippen molar-refractivity contribution >= 4 is 28.6 Å². The molecule has 0 aliphatic carbocycles. The third-order valence-electron chi connectivity index (χ3n) is 4.59. The third kappa shape index (κ3) is 2.25. The number of rotatable bonds is 1. The average Bonchev–Trinajstić information content (AvgIpc) is 3.03. The summed E-state index contributed by atoms with van der Waals surface area (Å²) in [5.41, 5.74) is 5.77. The molecule has 0 saturated carbocycles. The molecule has 4 rings (SSSR count). The number of hydrogen-bond donors (Lipinski definition) is 0. The van der Waals surface area contributed by atoms with Gasteiger partial charge in [-0.1, -0.05) is 23.7 Å². The summed E-state index contributed by atoms with van der Waals surface area (Å²) in [4.78, 5) is 11.0. The fourth-order valence-electron chi connectivity index (χ4n) is 3.20. The van der Waals surface area contributed by atoms with Crippen molar-refractivity contribution in [1.29, 1.82) is 0 Å². The highest BCUT2D eigenvalue weighted by Gasteiger charge is 2.28. The Morgan fingerprint density at radius 1 is 1.12 bits per heavy atom. The smallest absolute Gasteiger partial charge is 0.138 e. The maximum Gasteiger partial charge on any atom is 0.138 e. The van der Waals surface area contributed by atoms with Gasteiger partial charge in [0.2, 0.25) is 0 Å². The summed E-state index contributed by atoms with van der Waals surface area (Å²) in [7, 11) is 0. The molecule has 0 bridgehead atoms. The van der Waals surface area contributed by atoms with Crippen molar-refractivity contribution in [2.24, 2.45) is 4.99 Å². The van der Waals surface area contributed by atoms with Crippen molar-refractivity contribution in [3.05, 3.63) is 68.6 Å². The molecule has 0 spiro atoms. The number of nitrogens with zero attached hydrogens (tertiary/aromatic N) is 3. The lowest BCUT2D eigenvalue weighted by Crippen LogP contribution is -2.06. The van der Waals surface area contributed by atoms with Crippen LogP contribution in [0.15, 0.2) is 35.5 Å². The van der Waals surface area contributed by atoms with Crippen LogP contribution in [0.5, 0.6) is 0 Å². The van der Waals surface area contributed by atoms with E-state index in [9.17, 15) is 0 Å². The third-order valence-corrected chi connectivity index (χ3v) is 6.03. The summed E-state index contributed by atoms with van der Waals surface area (Å²) < 4.78 is 2.26. The van der Waals surface area contributed by atoms with Gasteiger partial charge in [0.25, 0.3) is 0 Å². The maximum atomic E-state index is 6.07. The van der Waals surface area contributed by atoms with Crippen LogP contribution in [-0.4, -0.2) is 15.3 Å². The number of benzene rings is 1. The van der Waals surface area contributed by atoms with Crippen LogP contribution < -0.4 is 0 Å². The van der Waals surface area contributed by atoms with Crippen LogP contribution in [0.2, 0.25) is 5.02 Å². The Kier molecular flexibility index (Phi) is 3.62. The van der Waals surface area contributed by atoms with Crippen LogP contribution in [0.25, 0.3) is 5.00 Å². The molecule has 5 heteroatoms. The SMILES string of the molecule is Cc1sc2c(c1C)C(c1ccc(Cl)cc1)=NC(C)c1ncc(C)n1-2. The fraction of sp³-hybridized carbons (Fsp3) is 0.263. The van der Waals surface area contributed by atoms with E-state index in [0.717, 1.165) is 27.8 Å². The molecule has 1 aliphatic rings. The van der Waals surface area contributed by atoms with Crippen LogP contribution in [0, 0.1) is 20.8 Å². The number of aryl methyl sites for hydroxylation is 2. The predicted octanol–water partition coefficient (Wildman–Crippen LogP) is 5.42. The van der Waals surface area contributed by atoms with Crippen LogP contribution in [0.3, 0.4) is 0 Å². The molecule has 0 saturated heterocycles. The minimum atomic E-state index is 0.00341. The molecular formula is C19H18ClN3S. The van der Waals surface area contributed by atoms with Crippen molar-refractivity contribution in [3.8, 4) is 5.00 Å². The maximum absolute atomic E-state index is 6.07. The van der Waals surface area contributed by atoms with Gasteiger partial charge in [0.15, 0.2) is 0 Å². The van der Waals surface area contributed by atoms with Crippen molar-refractivity contribution in [2.45, 2.75) is 33.7 Å². The lowest BCUT2D eigenvalue weighted by atomic mass is 10.00. The first kappa shape index (κ1) is 15.6. The van der Waals surface area contributed by atoms with Crippen molar-refractivity contribution in [1.82, 2.24) is 9.55 Å². The van der Waals surface area contributed by atoms with E-state index in [1.54, 1.807) is 0 Å². The van der Waals surface area contributed by atoms with Gasteiger partial charge in [-0.15, -0.1) is 11.3 Å². The zero-order chi connectivity index (χ0) is 17.0. The molecule has 1 aliphatic heterocycles. The summed E-state index contributed by atoms with van der Waals surface area (Å²) in [5, 5.41) is 1.95. The van der Waals surface area contributed by atoms with E-state index < -0.39 is 0 Å². The number of imidazole rings is 1. The number of aliphatic imine (C=N–C) groups is 1. The predicted molar refractivity (Wildman–Crippen MR) is 101 cm³/mol. The lowest BCUT2D eigenvalue weighted by molar-refractivity contribution is 0.728. The number of hydrogen-bond acceptors (Lipinski definition) is 3. The molecule has 1 aromatic carbocycles. The molecule has 122 valence electrons. The van der Waals surface area contributed by atoms with Gasteiger partial charge in [-0.25, -0.2) is 4.98 Å². The van der Waals surface area contributed by atoms with Gasteiger partial charge in [0.05, 0.1) is 5.71 Å². The standard InChI is InChI=1S/C19H18ClN3S/c1-10-9-21-18-12(3)22-17(14-5-7-15(20)8-6-14)16-11(2)13(4)24-19(16)23(10)18/h5-9,12H,1-4H3. The Morgan fingerprint density at radius 3 is 2.54 bits per heavy atom. The molecular weight excluding hydrogens is 338 g/mol. The van der Waals surface area contributed by atoms with E-state index in [0.29, 0.717) is 0 Å². The molecule has 0 fully saturated rings. The summed E-state index contributed by atoms with van der Waals surface area (Å²) in [6, 6.07) is 7.94. The minimum Gasteiger partial charge on any atom is -0.290 e. The summed E-state index contributed by atoms with van der Waals surface area (Å²) in [5.74, 6) is 0.999. The Balaban J connectivity index is 2.04. The second kappa shape index (κ2) is 5.57. The van der Waals surface area contributed by atoms with Gasteiger partial charge in [0, 0.05) is 32.9 Å². The summed E-state index contributed by atoms with van der Waals surface area (Å²) in [6.45, 7) is 8.55. The molecule has 3 heterocycles. The Morgan fingerprint density at radius 2 is 1.83 bits per heavy atom. The van der Waals surface area contributed by atoms with E-state index in [2.05, 4.69) is 37.2 Å². The van der Waals surface area contributed by atoms with Gasteiger partial charge >= 0.3 is 0 Å². The Labute approximate surface area is 150 Å². The lowest BCUT2D eigenvalue weighted by Gasteiger charge is -2.09. The number of fused-ring (bicyclic) bond motifs is 3. The fourth-order valence-corrected chi connectivity index (χ4v) is 4.55. The molecule has 24 heavy (non-hydrogen) atoms. The molecule has 1 atom stereocenters. The van der Waals surface area contributed by atoms with Gasteiger partial charge in [-0.3, -0.25) is 9.56 Å². The first-order valence-electron chi connectivity index (χ1n) is 7.96. The zero-order valence-electron chi connectivity index (χ0n) is 14.1.